The second-order valence-corrected chi connectivity index (χ2v) is 20.1. The molecule has 0 atom stereocenters. The van der Waals surface area contributed by atoms with Gasteiger partial charge in [0.1, 0.15) is 0 Å². The van der Waals surface area contributed by atoms with Gasteiger partial charge in [-0.1, -0.05) is 131 Å². The molecule has 0 nitrogen and oxygen atoms in total. The predicted molar refractivity (Wildman–Crippen MR) is 264 cm³/mol. The fourth-order valence-electron chi connectivity index (χ4n) is 8.57. The van der Waals surface area contributed by atoms with Crippen LogP contribution >= 0.6 is 23.2 Å². The molecule has 10 rings (SSSR count). The van der Waals surface area contributed by atoms with Crippen molar-refractivity contribution in [2.75, 3.05) is 0 Å². The molecule has 0 fully saturated rings. The molecule has 64 heavy (non-hydrogen) atoms. The predicted octanol–water partition coefficient (Wildman–Crippen LogP) is 10.7. The van der Waals surface area contributed by atoms with Gasteiger partial charge in [-0.25, -0.2) is 12.2 Å². The number of benzene rings is 8. The molecule has 0 spiro atoms. The Labute approximate surface area is 417 Å². The Bertz CT molecular complexity index is 2800. The van der Waals surface area contributed by atoms with E-state index in [9.17, 15) is 0 Å². The van der Waals surface area contributed by atoms with Crippen molar-refractivity contribution in [3.63, 3.8) is 0 Å². The molecule has 8 aromatic rings. The summed E-state index contributed by atoms with van der Waals surface area (Å²) in [5.41, 5.74) is 16.0. The van der Waals surface area contributed by atoms with Crippen LogP contribution in [0.1, 0.15) is 81.3 Å². The largest absolute Gasteiger partial charge is 1.00 e. The standard InChI is InChI=1S/C33H33.C21H12Cl2.C5H5.2ClH.Zr/c1-32(2,3)30-20-26-24(18-28(30)22-13-9-7-10-14-22)17-25-19-29(23-15-11-8-12-16-23)31(21-27(25)26)33(4,5)6;22-20-11-3-7-16-14(5-1-9-18(16)20)13-15-6-2-10-19-17(15)8-4-12-21(19)23;1-2-4-5-3-1;;;/h7-16,18,20-21H,17H2,1-6H3;1-12H;1-3H,4H2;2*1H;/q-1;;-1;;;+2/p-2. The van der Waals surface area contributed by atoms with Gasteiger partial charge in [0.05, 0.1) is 0 Å². The monoisotopic (exact) mass is 988 g/mol. The number of hydrogen-bond acceptors (Lipinski definition) is 0. The summed E-state index contributed by atoms with van der Waals surface area (Å²) < 4.78 is 1.31. The minimum atomic E-state index is 0. The Hall–Kier alpha value is -4.33. The summed E-state index contributed by atoms with van der Waals surface area (Å²) in [6.45, 7) is 13.9. The molecule has 0 radical (unpaired) electrons. The SMILES string of the molecule is CC(C)(C)c1cc2c([c-]c1-c1ccccc1)Cc1cc(-c3ccccc3)c(C(C)(C)C)cc1-2.Clc1cccc2c([C](=[Zr+2])c3cccc4c(Cl)cccc34)cccc12.[C-]1=CC=CC1.[Cl-].[Cl-]. The molecule has 0 N–H and O–H groups in total. The molecule has 0 amide bonds. The summed E-state index contributed by atoms with van der Waals surface area (Å²) in [7, 11) is 0. The van der Waals surface area contributed by atoms with Gasteiger partial charge in [0.2, 0.25) is 0 Å². The van der Waals surface area contributed by atoms with E-state index < -0.39 is 0 Å². The average molecular weight is 992 g/mol. The van der Waals surface area contributed by atoms with Crippen LogP contribution in [0, 0.1) is 12.1 Å². The van der Waals surface area contributed by atoms with Crippen LogP contribution < -0.4 is 24.8 Å². The summed E-state index contributed by atoms with van der Waals surface area (Å²) in [5.74, 6) is 0. The summed E-state index contributed by atoms with van der Waals surface area (Å²) in [4.78, 5) is 0. The molecule has 0 bridgehead atoms. The zero-order chi connectivity index (χ0) is 43.6. The van der Waals surface area contributed by atoms with E-state index in [1.807, 2.05) is 36.4 Å². The van der Waals surface area contributed by atoms with E-state index in [0.29, 0.717) is 0 Å². The number of hydrogen-bond donors (Lipinski definition) is 0. The summed E-state index contributed by atoms with van der Waals surface area (Å²) in [5, 5.41) is 6.15. The van der Waals surface area contributed by atoms with Crippen LogP contribution in [0.15, 0.2) is 170 Å². The molecular formula is C59H50Cl4Zr-2. The first-order chi connectivity index (χ1) is 29.8. The van der Waals surface area contributed by atoms with E-state index in [1.165, 1.54) is 105 Å². The van der Waals surface area contributed by atoms with Gasteiger partial charge in [0.15, 0.2) is 0 Å². The van der Waals surface area contributed by atoms with E-state index in [-0.39, 0.29) is 35.6 Å². The van der Waals surface area contributed by atoms with Crippen molar-refractivity contribution in [3.05, 3.63) is 225 Å². The molecule has 0 saturated heterocycles. The number of rotatable bonds is 4. The van der Waals surface area contributed by atoms with Crippen molar-refractivity contribution < 1.29 is 49.0 Å². The summed E-state index contributed by atoms with van der Waals surface area (Å²) in [6, 6.07) is 57.6. The Morgan fingerprint density at radius 1 is 0.531 bits per heavy atom. The van der Waals surface area contributed by atoms with Crippen LogP contribution in [-0.2, 0) is 41.5 Å². The van der Waals surface area contributed by atoms with Crippen LogP contribution in [0.3, 0.4) is 0 Å². The normalized spacial score (nSPS) is 12.3. The van der Waals surface area contributed by atoms with Crippen LogP contribution in [-0.4, -0.2) is 3.21 Å². The van der Waals surface area contributed by atoms with Gasteiger partial charge in [-0.2, -0.15) is 6.08 Å². The first-order valence-electron chi connectivity index (χ1n) is 21.3. The van der Waals surface area contributed by atoms with Crippen molar-refractivity contribution in [2.45, 2.75) is 65.2 Å². The zero-order valence-corrected chi connectivity index (χ0v) is 42.6. The maximum Gasteiger partial charge on any atom is -0.109 e. The van der Waals surface area contributed by atoms with Crippen molar-refractivity contribution in [1.82, 2.24) is 0 Å². The smallest absolute Gasteiger partial charge is 0.109 e. The Kier molecular flexibility index (Phi) is 16.0. The molecule has 0 aliphatic heterocycles. The molecule has 5 heteroatoms. The zero-order valence-electron chi connectivity index (χ0n) is 37.1. The van der Waals surface area contributed by atoms with Gasteiger partial charge in [-0.05, 0) is 39.5 Å². The van der Waals surface area contributed by atoms with Crippen molar-refractivity contribution in [2.24, 2.45) is 0 Å². The topological polar surface area (TPSA) is 0 Å². The number of fused-ring (bicyclic) bond motifs is 5. The van der Waals surface area contributed by atoms with Crippen LogP contribution in [0.4, 0.5) is 0 Å². The van der Waals surface area contributed by atoms with Gasteiger partial charge in [0, 0.05) is 0 Å². The third-order valence-electron chi connectivity index (χ3n) is 11.7. The molecule has 2 aliphatic rings. The van der Waals surface area contributed by atoms with Crippen molar-refractivity contribution in [1.29, 1.82) is 0 Å². The van der Waals surface area contributed by atoms with E-state index in [4.69, 9.17) is 23.2 Å². The number of halogens is 4. The molecule has 0 heterocycles. The second kappa shape index (κ2) is 20.9. The number of allylic oxidation sites excluding steroid dienone is 4. The molecule has 2 aliphatic carbocycles. The molecule has 0 unspecified atom stereocenters. The van der Waals surface area contributed by atoms with Crippen molar-refractivity contribution >= 4 is 48.0 Å². The average Bonchev–Trinajstić information content (AvgIpc) is 3.98. The molecule has 320 valence electrons. The van der Waals surface area contributed by atoms with Gasteiger partial charge >= 0.3 is 166 Å². The summed E-state index contributed by atoms with van der Waals surface area (Å²) >= 11 is 14.1. The van der Waals surface area contributed by atoms with Crippen LogP contribution in [0.2, 0.25) is 10.0 Å². The second-order valence-electron chi connectivity index (χ2n) is 18.1. The minimum absolute atomic E-state index is 0. The molecule has 8 aromatic carbocycles. The maximum atomic E-state index is 6.38. The Morgan fingerprint density at radius 3 is 1.52 bits per heavy atom. The van der Waals surface area contributed by atoms with Crippen LogP contribution in [0.5, 0.6) is 0 Å². The van der Waals surface area contributed by atoms with Gasteiger partial charge in [0.25, 0.3) is 0 Å². The Morgan fingerprint density at radius 2 is 1.03 bits per heavy atom. The first-order valence-corrected chi connectivity index (χ1v) is 23.3. The fraction of sp³-hybridized carbons (Fsp3) is 0.169. The minimum Gasteiger partial charge on any atom is -1.00 e. The van der Waals surface area contributed by atoms with E-state index >= 15 is 0 Å². The van der Waals surface area contributed by atoms with Crippen molar-refractivity contribution in [3.8, 4) is 33.4 Å². The quantitative estimate of drug-likeness (QED) is 0.154. The molecule has 0 saturated carbocycles. The van der Waals surface area contributed by atoms with E-state index in [0.717, 1.165) is 33.7 Å². The fourth-order valence-corrected chi connectivity index (χ4v) is 10.1. The van der Waals surface area contributed by atoms with E-state index in [1.54, 1.807) is 0 Å². The molecule has 0 aromatic heterocycles. The maximum absolute atomic E-state index is 6.38. The molecular weight excluding hydrogens is 942 g/mol. The van der Waals surface area contributed by atoms with Gasteiger partial charge < -0.3 is 24.8 Å². The third kappa shape index (κ3) is 10.5. The third-order valence-corrected chi connectivity index (χ3v) is 13.7. The van der Waals surface area contributed by atoms with Crippen LogP contribution in [0.25, 0.3) is 54.9 Å². The Balaban J connectivity index is 0.000000193. The summed E-state index contributed by atoms with van der Waals surface area (Å²) in [6.07, 6.45) is 10.9. The van der Waals surface area contributed by atoms with Gasteiger partial charge in [-0.3, -0.25) is 6.08 Å². The van der Waals surface area contributed by atoms with E-state index in [2.05, 4.69) is 187 Å². The van der Waals surface area contributed by atoms with Gasteiger partial charge in [-0.15, -0.1) is 35.2 Å². The first kappa shape index (κ1) is 49.1.